The molecule has 3 heterocycles. The first-order valence-electron chi connectivity index (χ1n) is 10.8. The number of tetrazole rings is 1. The van der Waals surface area contributed by atoms with Crippen LogP contribution in [-0.2, 0) is 12.1 Å². The Morgan fingerprint density at radius 1 is 1.03 bits per heavy atom. The summed E-state index contributed by atoms with van der Waals surface area (Å²) in [5.41, 5.74) is 0.889. The molecule has 3 aromatic heterocycles. The molecule has 0 saturated carbocycles. The molecule has 0 aliphatic carbocycles. The molecule has 35 heavy (non-hydrogen) atoms. The number of nitrogens with zero attached hydrogens (tertiary/aromatic N) is 8. The molecule has 176 valence electrons. The van der Waals surface area contributed by atoms with E-state index < -0.39 is 17.5 Å². The Labute approximate surface area is 199 Å². The van der Waals surface area contributed by atoms with Gasteiger partial charge in [-0.3, -0.25) is 0 Å². The average molecular weight is 472 g/mol. The monoisotopic (exact) mass is 472 g/mol. The molecule has 11 heteroatoms. The molecule has 0 saturated heterocycles. The highest BCUT2D eigenvalue weighted by molar-refractivity contribution is 5.65. The van der Waals surface area contributed by atoms with Crippen molar-refractivity contribution in [3.63, 3.8) is 0 Å². The lowest BCUT2D eigenvalue weighted by atomic mass is 9.88. The molecule has 0 spiro atoms. The van der Waals surface area contributed by atoms with Crippen LogP contribution >= 0.6 is 0 Å². The first-order chi connectivity index (χ1) is 17.0. The van der Waals surface area contributed by atoms with Crippen molar-refractivity contribution < 1.29 is 14.2 Å². The SMILES string of the molecule is C[C@@H](Oc1cc(-c2ccc(-n3ncnn3)cc2)ccn1)[C@](O)(Cn1cncn1)c1ccccc1F. The molecule has 0 unspecified atom stereocenters. The first kappa shape index (κ1) is 22.3. The summed E-state index contributed by atoms with van der Waals surface area (Å²) < 4.78 is 22.2. The van der Waals surface area contributed by atoms with Crippen LogP contribution in [0.5, 0.6) is 5.88 Å². The molecule has 0 bridgehead atoms. The lowest BCUT2D eigenvalue weighted by molar-refractivity contribution is -0.0772. The number of aliphatic hydroxyl groups is 1. The van der Waals surface area contributed by atoms with Gasteiger partial charge in [0, 0.05) is 17.8 Å². The van der Waals surface area contributed by atoms with Crippen molar-refractivity contribution in [2.75, 3.05) is 0 Å². The van der Waals surface area contributed by atoms with Gasteiger partial charge in [0.05, 0.1) is 12.2 Å². The van der Waals surface area contributed by atoms with E-state index in [9.17, 15) is 9.50 Å². The lowest BCUT2D eigenvalue weighted by Crippen LogP contribution is -2.45. The molecule has 0 aliphatic rings. The smallest absolute Gasteiger partial charge is 0.214 e. The first-order valence-corrected chi connectivity index (χ1v) is 10.8. The van der Waals surface area contributed by atoms with Gasteiger partial charge in [-0.1, -0.05) is 30.3 Å². The number of halogens is 1. The Hall–Kier alpha value is -4.51. The molecule has 0 aliphatic heterocycles. The summed E-state index contributed by atoms with van der Waals surface area (Å²) >= 11 is 0. The van der Waals surface area contributed by atoms with Gasteiger partial charge < -0.3 is 9.84 Å². The molecule has 2 aromatic carbocycles. The molecule has 0 radical (unpaired) electrons. The molecule has 1 N–H and O–H groups in total. The predicted octanol–water partition coefficient (Wildman–Crippen LogP) is 2.81. The number of benzene rings is 2. The van der Waals surface area contributed by atoms with Crippen LogP contribution in [0.4, 0.5) is 4.39 Å². The van der Waals surface area contributed by atoms with Gasteiger partial charge in [-0.25, -0.2) is 19.0 Å². The fourth-order valence-corrected chi connectivity index (χ4v) is 3.81. The quantitative estimate of drug-likeness (QED) is 0.366. The van der Waals surface area contributed by atoms with Crippen LogP contribution in [0.25, 0.3) is 16.8 Å². The summed E-state index contributed by atoms with van der Waals surface area (Å²) in [6.07, 6.45) is 4.90. The van der Waals surface area contributed by atoms with E-state index in [2.05, 4.69) is 30.5 Å². The summed E-state index contributed by atoms with van der Waals surface area (Å²) in [6, 6.07) is 17.2. The maximum absolute atomic E-state index is 14.7. The van der Waals surface area contributed by atoms with Crippen LogP contribution in [0.1, 0.15) is 12.5 Å². The molecule has 10 nitrogen and oxygen atoms in total. The van der Waals surface area contributed by atoms with E-state index in [4.69, 9.17) is 4.74 Å². The Morgan fingerprint density at radius 2 is 1.86 bits per heavy atom. The third-order valence-electron chi connectivity index (χ3n) is 5.70. The Morgan fingerprint density at radius 3 is 2.57 bits per heavy atom. The number of pyridine rings is 1. The van der Waals surface area contributed by atoms with Crippen molar-refractivity contribution in [1.82, 2.24) is 40.0 Å². The second kappa shape index (κ2) is 9.39. The number of aromatic nitrogens is 8. The van der Waals surface area contributed by atoms with Crippen molar-refractivity contribution in [3.05, 3.63) is 97.2 Å². The number of ether oxygens (including phenoxy) is 1. The van der Waals surface area contributed by atoms with Crippen LogP contribution in [0, 0.1) is 5.82 Å². The zero-order valence-corrected chi connectivity index (χ0v) is 18.7. The van der Waals surface area contributed by atoms with E-state index in [0.29, 0.717) is 0 Å². The number of hydrogen-bond acceptors (Lipinski definition) is 8. The minimum atomic E-state index is -1.75. The third-order valence-corrected chi connectivity index (χ3v) is 5.70. The van der Waals surface area contributed by atoms with Crippen molar-refractivity contribution in [1.29, 1.82) is 0 Å². The van der Waals surface area contributed by atoms with Crippen molar-refractivity contribution in [3.8, 4) is 22.7 Å². The maximum Gasteiger partial charge on any atom is 0.214 e. The minimum Gasteiger partial charge on any atom is -0.471 e. The summed E-state index contributed by atoms with van der Waals surface area (Å²) in [5, 5.41) is 27.3. The zero-order chi connectivity index (χ0) is 24.3. The normalized spacial score (nSPS) is 13.8. The van der Waals surface area contributed by atoms with Gasteiger partial charge in [0.1, 0.15) is 30.2 Å². The number of hydrogen-bond donors (Lipinski definition) is 1. The second-order valence-electron chi connectivity index (χ2n) is 7.91. The fourth-order valence-electron chi connectivity index (χ4n) is 3.81. The van der Waals surface area contributed by atoms with Gasteiger partial charge in [0.2, 0.25) is 5.88 Å². The summed E-state index contributed by atoms with van der Waals surface area (Å²) in [6.45, 7) is 1.60. The molecule has 5 aromatic rings. The topological polar surface area (TPSA) is 117 Å². The van der Waals surface area contributed by atoms with E-state index in [0.717, 1.165) is 16.8 Å². The highest BCUT2D eigenvalue weighted by atomic mass is 19.1. The van der Waals surface area contributed by atoms with Crippen LogP contribution in [0.2, 0.25) is 0 Å². The van der Waals surface area contributed by atoms with Gasteiger partial charge in [-0.2, -0.15) is 5.10 Å². The largest absolute Gasteiger partial charge is 0.471 e. The van der Waals surface area contributed by atoms with Gasteiger partial charge >= 0.3 is 0 Å². The summed E-state index contributed by atoms with van der Waals surface area (Å²) in [4.78, 5) is 9.63. The molecule has 2 atom stereocenters. The highest BCUT2D eigenvalue weighted by Gasteiger charge is 2.41. The van der Waals surface area contributed by atoms with Gasteiger partial charge in [0.15, 0.2) is 6.33 Å². The van der Waals surface area contributed by atoms with E-state index in [-0.39, 0.29) is 18.0 Å². The summed E-state index contributed by atoms with van der Waals surface area (Å²) in [7, 11) is 0. The Bertz CT molecular complexity index is 1390. The van der Waals surface area contributed by atoms with Gasteiger partial charge in [0.25, 0.3) is 0 Å². The van der Waals surface area contributed by atoms with Crippen LogP contribution in [0.3, 0.4) is 0 Å². The van der Waals surface area contributed by atoms with Gasteiger partial charge in [-0.15, -0.1) is 15.0 Å². The zero-order valence-electron chi connectivity index (χ0n) is 18.7. The molecular formula is C24H21FN8O2. The van der Waals surface area contributed by atoms with Crippen LogP contribution in [0.15, 0.2) is 85.8 Å². The van der Waals surface area contributed by atoms with Gasteiger partial charge in [-0.05, 0) is 47.5 Å². The third kappa shape index (κ3) is 4.62. The molecule has 0 amide bonds. The van der Waals surface area contributed by atoms with Crippen molar-refractivity contribution >= 4 is 0 Å². The van der Waals surface area contributed by atoms with Crippen LogP contribution < -0.4 is 4.74 Å². The van der Waals surface area contributed by atoms with Crippen molar-refractivity contribution in [2.24, 2.45) is 0 Å². The maximum atomic E-state index is 14.7. The Kier molecular flexibility index (Phi) is 5.98. The average Bonchev–Trinajstić information content (AvgIpc) is 3.59. The number of rotatable bonds is 8. The molecular weight excluding hydrogens is 451 g/mol. The summed E-state index contributed by atoms with van der Waals surface area (Å²) in [5.74, 6) is -0.264. The van der Waals surface area contributed by atoms with E-state index in [1.165, 1.54) is 40.6 Å². The highest BCUT2D eigenvalue weighted by Crippen LogP contribution is 2.32. The van der Waals surface area contributed by atoms with E-state index >= 15 is 0 Å². The minimum absolute atomic E-state index is 0.0629. The molecule has 0 fully saturated rings. The van der Waals surface area contributed by atoms with E-state index in [1.807, 2.05) is 30.3 Å². The fraction of sp³-hybridized carbons (Fsp3) is 0.167. The van der Waals surface area contributed by atoms with E-state index in [1.54, 1.807) is 31.3 Å². The second-order valence-corrected chi connectivity index (χ2v) is 7.91. The van der Waals surface area contributed by atoms with Crippen LogP contribution in [-0.4, -0.2) is 51.2 Å². The standard InChI is InChI=1S/C24H21FN8O2/c1-17(24(34,13-32-16-26-14-29-32)21-4-2-3-5-22(21)25)35-23-12-19(10-11-27-23)18-6-8-20(9-7-18)33-30-15-28-31-33/h2-12,14-17,34H,13H2,1H3/t17-,24-/m1/s1. The van der Waals surface area contributed by atoms with Crippen molar-refractivity contribution in [2.45, 2.75) is 25.2 Å². The predicted molar refractivity (Wildman–Crippen MR) is 123 cm³/mol. The lowest BCUT2D eigenvalue weighted by Gasteiger charge is -2.34. The molecule has 5 rings (SSSR count). The Balaban J connectivity index is 1.41.